The maximum Gasteiger partial charge on any atom is 0.280 e. The van der Waals surface area contributed by atoms with Crippen LogP contribution in [0.5, 0.6) is 17.2 Å². The lowest BCUT2D eigenvalue weighted by Crippen LogP contribution is -2.33. The van der Waals surface area contributed by atoms with Crippen LogP contribution in [0.25, 0.3) is 0 Å². The maximum absolute atomic E-state index is 11.9. The Kier molecular flexibility index (Phi) is 5.89. The molecule has 0 fully saturated rings. The SMILES string of the molecule is CC(Oc1ccc(Cl)cc1Cl)C(=O)N/N=C/c1ccc(O)c(O)c1. The van der Waals surface area contributed by atoms with Gasteiger partial charge in [0.15, 0.2) is 17.6 Å². The third-order valence-electron chi connectivity index (χ3n) is 2.95. The zero-order valence-corrected chi connectivity index (χ0v) is 14.0. The van der Waals surface area contributed by atoms with E-state index in [4.69, 9.17) is 27.9 Å². The van der Waals surface area contributed by atoms with E-state index in [0.29, 0.717) is 21.4 Å². The van der Waals surface area contributed by atoms with E-state index in [1.54, 1.807) is 19.1 Å². The number of ether oxygens (including phenoxy) is 1. The number of hydrogen-bond acceptors (Lipinski definition) is 5. The Hall–Kier alpha value is -2.44. The Morgan fingerprint density at radius 3 is 2.62 bits per heavy atom. The lowest BCUT2D eigenvalue weighted by atomic mass is 10.2. The van der Waals surface area contributed by atoms with Crippen molar-refractivity contribution < 1.29 is 19.7 Å². The molecule has 0 aliphatic carbocycles. The molecule has 8 heteroatoms. The fourth-order valence-electron chi connectivity index (χ4n) is 1.70. The molecule has 0 aliphatic heterocycles. The summed E-state index contributed by atoms with van der Waals surface area (Å²) in [5.74, 6) is -0.672. The summed E-state index contributed by atoms with van der Waals surface area (Å²) in [5, 5.41) is 23.1. The summed E-state index contributed by atoms with van der Waals surface area (Å²) < 4.78 is 5.45. The summed E-state index contributed by atoms with van der Waals surface area (Å²) in [6, 6.07) is 8.82. The number of carbonyl (C=O) groups excluding carboxylic acids is 1. The molecule has 3 N–H and O–H groups in total. The second-order valence-corrected chi connectivity index (χ2v) is 5.66. The molecule has 0 saturated carbocycles. The average molecular weight is 369 g/mol. The van der Waals surface area contributed by atoms with Gasteiger partial charge in [-0.3, -0.25) is 4.79 Å². The van der Waals surface area contributed by atoms with Crippen molar-refractivity contribution in [2.75, 3.05) is 0 Å². The number of phenolic OH excluding ortho intramolecular Hbond substituents is 2. The summed E-state index contributed by atoms with van der Waals surface area (Å²) in [7, 11) is 0. The molecule has 0 saturated heterocycles. The van der Waals surface area contributed by atoms with Crippen LogP contribution >= 0.6 is 23.2 Å². The van der Waals surface area contributed by atoms with Crippen molar-refractivity contribution in [2.24, 2.45) is 5.10 Å². The summed E-state index contributed by atoms with van der Waals surface area (Å²) in [6.45, 7) is 1.54. The van der Waals surface area contributed by atoms with E-state index in [1.807, 2.05) is 0 Å². The number of halogens is 2. The molecule has 1 atom stereocenters. The van der Waals surface area contributed by atoms with E-state index in [9.17, 15) is 15.0 Å². The molecule has 6 nitrogen and oxygen atoms in total. The van der Waals surface area contributed by atoms with Crippen molar-refractivity contribution in [1.29, 1.82) is 0 Å². The second kappa shape index (κ2) is 7.90. The van der Waals surface area contributed by atoms with Crippen molar-refractivity contribution in [3.63, 3.8) is 0 Å². The van der Waals surface area contributed by atoms with E-state index >= 15 is 0 Å². The van der Waals surface area contributed by atoms with Gasteiger partial charge >= 0.3 is 0 Å². The lowest BCUT2D eigenvalue weighted by molar-refractivity contribution is -0.127. The normalized spacial score (nSPS) is 12.1. The first-order valence-corrected chi connectivity index (χ1v) is 7.59. The van der Waals surface area contributed by atoms with Crippen LogP contribution in [0.2, 0.25) is 10.0 Å². The van der Waals surface area contributed by atoms with Crippen LogP contribution in [0.3, 0.4) is 0 Å². The number of carbonyl (C=O) groups is 1. The third-order valence-corrected chi connectivity index (χ3v) is 3.49. The van der Waals surface area contributed by atoms with Crippen LogP contribution in [-0.2, 0) is 4.79 Å². The van der Waals surface area contributed by atoms with Crippen molar-refractivity contribution >= 4 is 35.3 Å². The van der Waals surface area contributed by atoms with Crippen molar-refractivity contribution in [3.8, 4) is 17.2 Å². The van der Waals surface area contributed by atoms with Gasteiger partial charge in [-0.25, -0.2) is 5.43 Å². The highest BCUT2D eigenvalue weighted by atomic mass is 35.5. The monoisotopic (exact) mass is 368 g/mol. The minimum atomic E-state index is -0.839. The molecule has 1 amide bonds. The maximum atomic E-state index is 11.9. The van der Waals surface area contributed by atoms with Crippen LogP contribution < -0.4 is 10.2 Å². The Morgan fingerprint density at radius 1 is 1.21 bits per heavy atom. The lowest BCUT2D eigenvalue weighted by Gasteiger charge is -2.14. The third kappa shape index (κ3) is 4.78. The Morgan fingerprint density at radius 2 is 1.96 bits per heavy atom. The van der Waals surface area contributed by atoms with Gasteiger partial charge in [0, 0.05) is 5.02 Å². The van der Waals surface area contributed by atoms with Gasteiger partial charge in [-0.1, -0.05) is 23.2 Å². The quantitative estimate of drug-likeness (QED) is 0.428. The summed E-state index contributed by atoms with van der Waals surface area (Å²) in [5.41, 5.74) is 2.81. The van der Waals surface area contributed by atoms with E-state index in [-0.39, 0.29) is 11.5 Å². The number of rotatable bonds is 5. The minimum absolute atomic E-state index is 0.238. The molecule has 0 radical (unpaired) electrons. The summed E-state index contributed by atoms with van der Waals surface area (Å²) in [4.78, 5) is 11.9. The summed E-state index contributed by atoms with van der Waals surface area (Å²) >= 11 is 11.8. The van der Waals surface area contributed by atoms with Crippen LogP contribution in [-0.4, -0.2) is 28.4 Å². The molecular formula is C16H14Cl2N2O4. The van der Waals surface area contributed by atoms with Gasteiger partial charge in [0.25, 0.3) is 5.91 Å². The molecule has 1 unspecified atom stereocenters. The Bertz CT molecular complexity index is 781. The van der Waals surface area contributed by atoms with E-state index in [0.717, 1.165) is 0 Å². The van der Waals surface area contributed by atoms with Crippen molar-refractivity contribution in [1.82, 2.24) is 5.43 Å². The molecule has 2 aromatic carbocycles. The van der Waals surface area contributed by atoms with Crippen LogP contribution in [0.15, 0.2) is 41.5 Å². The van der Waals surface area contributed by atoms with E-state index in [1.165, 1.54) is 30.5 Å². The Balaban J connectivity index is 1.93. The van der Waals surface area contributed by atoms with Crippen LogP contribution in [0.4, 0.5) is 0 Å². The molecule has 0 aliphatic rings. The first-order chi connectivity index (χ1) is 11.4. The van der Waals surface area contributed by atoms with Gasteiger partial charge in [-0.2, -0.15) is 5.10 Å². The predicted octanol–water partition coefficient (Wildman–Crippen LogP) is 3.32. The van der Waals surface area contributed by atoms with E-state index < -0.39 is 12.0 Å². The number of benzene rings is 2. The first kappa shape index (κ1) is 17.9. The van der Waals surface area contributed by atoms with Gasteiger partial charge in [0.1, 0.15) is 5.75 Å². The highest BCUT2D eigenvalue weighted by molar-refractivity contribution is 6.35. The number of nitrogens with zero attached hydrogens (tertiary/aromatic N) is 1. The molecule has 0 spiro atoms. The Labute approximate surface area is 148 Å². The fourth-order valence-corrected chi connectivity index (χ4v) is 2.15. The van der Waals surface area contributed by atoms with Gasteiger partial charge < -0.3 is 14.9 Å². The second-order valence-electron chi connectivity index (χ2n) is 4.82. The number of nitrogens with one attached hydrogen (secondary N) is 1. The highest BCUT2D eigenvalue weighted by Gasteiger charge is 2.15. The predicted molar refractivity (Wildman–Crippen MR) is 92.1 cm³/mol. The summed E-state index contributed by atoms with van der Waals surface area (Å²) in [6.07, 6.45) is 0.480. The highest BCUT2D eigenvalue weighted by Crippen LogP contribution is 2.28. The van der Waals surface area contributed by atoms with Gasteiger partial charge in [0.2, 0.25) is 0 Å². The molecule has 2 rings (SSSR count). The minimum Gasteiger partial charge on any atom is -0.504 e. The number of hydrazone groups is 1. The molecular weight excluding hydrogens is 355 g/mol. The van der Waals surface area contributed by atoms with Crippen molar-refractivity contribution in [2.45, 2.75) is 13.0 Å². The molecule has 2 aromatic rings. The molecule has 0 aromatic heterocycles. The van der Waals surface area contributed by atoms with Crippen LogP contribution in [0, 0.1) is 0 Å². The standard InChI is InChI=1S/C16H14Cl2N2O4/c1-9(24-15-5-3-11(17)7-12(15)18)16(23)20-19-8-10-2-4-13(21)14(22)6-10/h2-9,21-22H,1H3,(H,20,23)/b19-8+. The smallest absolute Gasteiger partial charge is 0.280 e. The van der Waals surface area contributed by atoms with Crippen LogP contribution in [0.1, 0.15) is 12.5 Å². The fraction of sp³-hybridized carbons (Fsp3) is 0.125. The number of hydrogen-bond donors (Lipinski definition) is 3. The number of phenols is 2. The van der Waals surface area contributed by atoms with Gasteiger partial charge in [0.05, 0.1) is 11.2 Å². The molecule has 0 bridgehead atoms. The molecule has 126 valence electrons. The topological polar surface area (TPSA) is 91.2 Å². The zero-order valence-electron chi connectivity index (χ0n) is 12.5. The van der Waals surface area contributed by atoms with Gasteiger partial charge in [-0.05, 0) is 48.9 Å². The molecule has 24 heavy (non-hydrogen) atoms. The zero-order chi connectivity index (χ0) is 17.7. The molecule has 0 heterocycles. The first-order valence-electron chi connectivity index (χ1n) is 6.83. The van der Waals surface area contributed by atoms with E-state index in [2.05, 4.69) is 10.5 Å². The largest absolute Gasteiger partial charge is 0.504 e. The number of amides is 1. The van der Waals surface area contributed by atoms with Gasteiger partial charge in [-0.15, -0.1) is 0 Å². The average Bonchev–Trinajstić information content (AvgIpc) is 2.53. The van der Waals surface area contributed by atoms with Crippen molar-refractivity contribution in [3.05, 3.63) is 52.0 Å². The number of aromatic hydroxyl groups is 2.